The Morgan fingerprint density at radius 3 is 2.21 bits per heavy atom. The summed E-state index contributed by atoms with van der Waals surface area (Å²) in [5.74, 6) is -0.413. The van der Waals surface area contributed by atoms with Crippen molar-refractivity contribution in [3.63, 3.8) is 0 Å². The summed E-state index contributed by atoms with van der Waals surface area (Å²) in [4.78, 5) is 34.9. The van der Waals surface area contributed by atoms with Crippen molar-refractivity contribution in [1.82, 2.24) is 14.8 Å². The lowest BCUT2D eigenvalue weighted by Gasteiger charge is -2.28. The highest BCUT2D eigenvalue weighted by Gasteiger charge is 2.45. The number of aliphatic hydroxyl groups excluding tert-OH is 1. The number of benzene rings is 1. The fourth-order valence-corrected chi connectivity index (χ4v) is 4.77. The third-order valence-corrected chi connectivity index (χ3v) is 6.52. The molecule has 0 unspecified atom stereocenters. The molecule has 0 radical (unpaired) electrons. The number of nitrogens with zero attached hydrogens (tertiary/aromatic N) is 3. The molecule has 0 aliphatic carbocycles. The maximum atomic E-state index is 13.6. The van der Waals surface area contributed by atoms with Crippen molar-refractivity contribution in [3.8, 4) is 17.2 Å². The van der Waals surface area contributed by atoms with Crippen LogP contribution in [0.4, 0.5) is 0 Å². The SMILES string of the molecule is COc1cc([C@@H]2C(C(=O)c3sc(C)nc3C)=C(O)C(=O)N2CCN(C)C)cc(OC)c1OC. The molecule has 1 aliphatic rings. The molecule has 0 saturated carbocycles. The van der Waals surface area contributed by atoms with Crippen molar-refractivity contribution < 1.29 is 28.9 Å². The standard InChI is InChI=1S/C23H29N3O6S/c1-12-22(33-13(2)24-12)19(27)17-18(26(9-8-25(3)4)23(29)20(17)28)14-10-15(30-5)21(32-7)16(11-14)31-6/h10-11,18,28H,8-9H2,1-7H3/t18-/m1/s1. The zero-order chi connectivity index (χ0) is 24.4. The van der Waals surface area contributed by atoms with Gasteiger partial charge in [-0.15, -0.1) is 11.3 Å². The molecule has 1 aliphatic heterocycles. The van der Waals surface area contributed by atoms with Crippen LogP contribution >= 0.6 is 11.3 Å². The summed E-state index contributed by atoms with van der Waals surface area (Å²) >= 11 is 1.24. The zero-order valence-corrected chi connectivity index (χ0v) is 20.7. The van der Waals surface area contributed by atoms with Gasteiger partial charge in [0, 0.05) is 13.1 Å². The molecule has 1 N–H and O–H groups in total. The van der Waals surface area contributed by atoms with E-state index in [2.05, 4.69) is 4.98 Å². The number of hydrogen-bond acceptors (Lipinski definition) is 9. The van der Waals surface area contributed by atoms with Crippen LogP contribution in [0.25, 0.3) is 0 Å². The minimum absolute atomic E-state index is 0.0137. The first kappa shape index (κ1) is 24.5. The van der Waals surface area contributed by atoms with E-state index < -0.39 is 23.5 Å². The number of aromatic nitrogens is 1. The van der Waals surface area contributed by atoms with Gasteiger partial charge in [-0.1, -0.05) is 0 Å². The van der Waals surface area contributed by atoms with Crippen LogP contribution < -0.4 is 14.2 Å². The molecule has 1 aromatic heterocycles. The van der Waals surface area contributed by atoms with Crippen molar-refractivity contribution in [3.05, 3.63) is 44.6 Å². The smallest absolute Gasteiger partial charge is 0.290 e. The number of ketones is 1. The Morgan fingerprint density at radius 2 is 1.76 bits per heavy atom. The summed E-state index contributed by atoms with van der Waals surface area (Å²) in [5, 5.41) is 11.6. The molecule has 33 heavy (non-hydrogen) atoms. The average molecular weight is 476 g/mol. The topological polar surface area (TPSA) is 101 Å². The number of amides is 1. The van der Waals surface area contributed by atoms with Gasteiger partial charge in [0.2, 0.25) is 11.5 Å². The molecule has 2 aromatic rings. The molecule has 0 fully saturated rings. The molecule has 1 atom stereocenters. The fraction of sp³-hybridized carbons (Fsp3) is 0.435. The van der Waals surface area contributed by atoms with Gasteiger partial charge in [0.15, 0.2) is 17.3 Å². The number of aryl methyl sites for hydroxylation is 2. The minimum Gasteiger partial charge on any atom is -0.503 e. The summed E-state index contributed by atoms with van der Waals surface area (Å²) in [6.07, 6.45) is 0. The van der Waals surface area contributed by atoms with Gasteiger partial charge in [-0.25, -0.2) is 4.98 Å². The summed E-state index contributed by atoms with van der Waals surface area (Å²) in [7, 11) is 8.26. The highest BCUT2D eigenvalue weighted by Crippen LogP contribution is 2.45. The van der Waals surface area contributed by atoms with Gasteiger partial charge in [-0.3, -0.25) is 9.59 Å². The molecule has 3 rings (SSSR count). The van der Waals surface area contributed by atoms with Gasteiger partial charge in [0.1, 0.15) is 0 Å². The number of thiazole rings is 1. The van der Waals surface area contributed by atoms with Crippen LogP contribution in [0.2, 0.25) is 0 Å². The highest BCUT2D eigenvalue weighted by molar-refractivity contribution is 7.14. The van der Waals surface area contributed by atoms with Gasteiger partial charge in [0.25, 0.3) is 5.91 Å². The van der Waals surface area contributed by atoms with Crippen LogP contribution in [0.3, 0.4) is 0 Å². The molecule has 1 amide bonds. The zero-order valence-electron chi connectivity index (χ0n) is 19.9. The number of Topliss-reactive ketones (excluding diaryl/α,β-unsaturated/α-hetero) is 1. The molecular formula is C23H29N3O6S. The first-order chi connectivity index (χ1) is 15.6. The summed E-state index contributed by atoms with van der Waals surface area (Å²) < 4.78 is 16.4. The van der Waals surface area contributed by atoms with Gasteiger partial charge < -0.3 is 29.1 Å². The van der Waals surface area contributed by atoms with E-state index in [1.165, 1.54) is 37.6 Å². The number of hydrogen-bond donors (Lipinski definition) is 1. The molecule has 0 saturated heterocycles. The Kier molecular flexibility index (Phi) is 7.28. The molecule has 178 valence electrons. The van der Waals surface area contributed by atoms with E-state index in [0.29, 0.717) is 46.5 Å². The summed E-state index contributed by atoms with van der Waals surface area (Å²) in [5.41, 5.74) is 1.13. The van der Waals surface area contributed by atoms with Gasteiger partial charge >= 0.3 is 0 Å². The van der Waals surface area contributed by atoms with Crippen LogP contribution in [0.1, 0.15) is 32.0 Å². The highest BCUT2D eigenvalue weighted by atomic mass is 32.1. The van der Waals surface area contributed by atoms with Gasteiger partial charge in [-0.2, -0.15) is 0 Å². The molecule has 2 heterocycles. The second-order valence-corrected chi connectivity index (χ2v) is 9.11. The molecule has 0 spiro atoms. The quantitative estimate of drug-likeness (QED) is 0.553. The summed E-state index contributed by atoms with van der Waals surface area (Å²) in [6, 6.07) is 2.55. The first-order valence-electron chi connectivity index (χ1n) is 10.3. The van der Waals surface area contributed by atoms with Crippen molar-refractivity contribution in [2.45, 2.75) is 19.9 Å². The first-order valence-corrected chi connectivity index (χ1v) is 11.1. The average Bonchev–Trinajstić information content (AvgIpc) is 3.25. The van der Waals surface area contributed by atoms with E-state index in [1.807, 2.05) is 25.9 Å². The second-order valence-electron chi connectivity index (χ2n) is 7.90. The predicted molar refractivity (Wildman–Crippen MR) is 125 cm³/mol. The number of carbonyl (C=O) groups excluding carboxylic acids is 2. The van der Waals surface area contributed by atoms with Gasteiger partial charge in [0.05, 0.1) is 48.5 Å². The van der Waals surface area contributed by atoms with E-state index in [9.17, 15) is 14.7 Å². The third-order valence-electron chi connectivity index (χ3n) is 5.45. The Balaban J connectivity index is 2.20. The molecule has 0 bridgehead atoms. The van der Waals surface area contributed by atoms with Crippen LogP contribution in [0.15, 0.2) is 23.5 Å². The number of methoxy groups -OCH3 is 3. The van der Waals surface area contributed by atoms with Crippen molar-refractivity contribution in [2.75, 3.05) is 48.5 Å². The minimum atomic E-state index is -0.833. The third kappa shape index (κ3) is 4.53. The lowest BCUT2D eigenvalue weighted by molar-refractivity contribution is -0.129. The van der Waals surface area contributed by atoms with Crippen LogP contribution in [-0.2, 0) is 4.79 Å². The Hall–Kier alpha value is -3.11. The number of rotatable bonds is 9. The maximum absolute atomic E-state index is 13.6. The number of ether oxygens (including phenoxy) is 3. The number of likely N-dealkylation sites (N-methyl/N-ethyl adjacent to an activating group) is 1. The molecule has 1 aromatic carbocycles. The van der Waals surface area contributed by atoms with E-state index in [0.717, 1.165) is 5.01 Å². The van der Waals surface area contributed by atoms with Crippen molar-refractivity contribution in [1.29, 1.82) is 0 Å². The Labute approximate surface area is 197 Å². The normalized spacial score (nSPS) is 16.1. The van der Waals surface area contributed by atoms with Crippen LogP contribution in [0, 0.1) is 13.8 Å². The van der Waals surface area contributed by atoms with Crippen molar-refractivity contribution in [2.24, 2.45) is 0 Å². The van der Waals surface area contributed by atoms with E-state index in [4.69, 9.17) is 14.2 Å². The fourth-order valence-electron chi connectivity index (χ4n) is 3.89. The second kappa shape index (κ2) is 9.80. The lowest BCUT2D eigenvalue weighted by Crippen LogP contribution is -2.36. The predicted octanol–water partition coefficient (Wildman–Crippen LogP) is 2.93. The summed E-state index contributed by atoms with van der Waals surface area (Å²) in [6.45, 7) is 4.39. The van der Waals surface area contributed by atoms with E-state index in [1.54, 1.807) is 19.1 Å². The van der Waals surface area contributed by atoms with Crippen molar-refractivity contribution >= 4 is 23.0 Å². The number of aliphatic hydroxyl groups is 1. The Morgan fingerprint density at radius 1 is 1.15 bits per heavy atom. The van der Waals surface area contributed by atoms with E-state index >= 15 is 0 Å². The Bertz CT molecular complexity index is 1080. The molecule has 10 heteroatoms. The van der Waals surface area contributed by atoms with Crippen LogP contribution in [0.5, 0.6) is 17.2 Å². The number of carbonyl (C=O) groups is 2. The van der Waals surface area contributed by atoms with E-state index in [-0.39, 0.29) is 5.57 Å². The van der Waals surface area contributed by atoms with Crippen LogP contribution in [-0.4, -0.2) is 80.1 Å². The lowest BCUT2D eigenvalue weighted by atomic mass is 9.94. The maximum Gasteiger partial charge on any atom is 0.290 e. The largest absolute Gasteiger partial charge is 0.503 e. The van der Waals surface area contributed by atoms with Gasteiger partial charge in [-0.05, 0) is 45.6 Å². The monoisotopic (exact) mass is 475 g/mol. The molecular weight excluding hydrogens is 446 g/mol. The molecule has 9 nitrogen and oxygen atoms in total.